The zero-order valence-corrected chi connectivity index (χ0v) is 12.1. The quantitative estimate of drug-likeness (QED) is 0.796. The van der Waals surface area contributed by atoms with Gasteiger partial charge < -0.3 is 4.90 Å². The van der Waals surface area contributed by atoms with E-state index in [4.69, 9.17) is 11.6 Å². The lowest BCUT2D eigenvalue weighted by atomic mass is 10.3. The number of hydrogen-bond acceptors (Lipinski definition) is 3. The number of carbonyl (C=O) groups excluding carboxylic acids is 1. The Morgan fingerprint density at radius 3 is 2.59 bits per heavy atom. The average molecular weight is 275 g/mol. The van der Waals surface area contributed by atoms with Crippen LogP contribution in [0.4, 0.5) is 0 Å². The van der Waals surface area contributed by atoms with E-state index >= 15 is 0 Å². The minimum Gasteiger partial charge on any atom is -0.348 e. The van der Waals surface area contributed by atoms with Crippen LogP contribution >= 0.6 is 22.9 Å². The highest BCUT2D eigenvalue weighted by Crippen LogP contribution is 2.22. The van der Waals surface area contributed by atoms with Crippen LogP contribution in [0.3, 0.4) is 0 Å². The fraction of sp³-hybridized carbons (Fsp3) is 0.583. The fourth-order valence-corrected chi connectivity index (χ4v) is 2.65. The second-order valence-electron chi connectivity index (χ2n) is 4.20. The van der Waals surface area contributed by atoms with E-state index in [-0.39, 0.29) is 5.91 Å². The molecule has 0 aliphatic heterocycles. The maximum absolute atomic E-state index is 11.7. The van der Waals surface area contributed by atoms with Gasteiger partial charge in [0, 0.05) is 25.5 Å². The monoisotopic (exact) mass is 274 g/mol. The Bertz CT molecular complexity index is 365. The summed E-state index contributed by atoms with van der Waals surface area (Å²) >= 11 is 7.48. The minimum absolute atomic E-state index is 0.140. The summed E-state index contributed by atoms with van der Waals surface area (Å²) < 4.78 is 0.801. The molecule has 1 aromatic heterocycles. The van der Waals surface area contributed by atoms with E-state index in [0.717, 1.165) is 23.8 Å². The molecule has 0 aliphatic rings. The van der Waals surface area contributed by atoms with Crippen LogP contribution in [0.1, 0.15) is 18.2 Å². The Morgan fingerprint density at radius 2 is 2.12 bits per heavy atom. The predicted octanol–water partition coefficient (Wildman–Crippen LogP) is 2.70. The van der Waals surface area contributed by atoms with Crippen LogP contribution < -0.4 is 0 Å². The van der Waals surface area contributed by atoms with Crippen molar-refractivity contribution in [3.8, 4) is 0 Å². The molecule has 17 heavy (non-hydrogen) atoms. The van der Waals surface area contributed by atoms with Gasteiger partial charge in [-0.1, -0.05) is 18.5 Å². The molecule has 0 saturated heterocycles. The van der Waals surface area contributed by atoms with Crippen molar-refractivity contribution in [1.82, 2.24) is 9.80 Å². The van der Waals surface area contributed by atoms with Crippen molar-refractivity contribution in [2.24, 2.45) is 0 Å². The maximum Gasteiger partial charge on any atom is 0.236 e. The van der Waals surface area contributed by atoms with Gasteiger partial charge in [-0.05, 0) is 25.1 Å². The molecular formula is C12H19ClN2OS. The van der Waals surface area contributed by atoms with Crippen LogP contribution in [-0.2, 0) is 11.3 Å². The molecule has 1 amide bonds. The SMILES string of the molecule is CCCN(CC(=O)N(C)C)Cc1ccc(Cl)s1. The zero-order valence-electron chi connectivity index (χ0n) is 10.6. The van der Waals surface area contributed by atoms with Gasteiger partial charge in [-0.25, -0.2) is 0 Å². The van der Waals surface area contributed by atoms with E-state index in [9.17, 15) is 4.79 Å². The summed E-state index contributed by atoms with van der Waals surface area (Å²) in [5.41, 5.74) is 0. The highest BCUT2D eigenvalue weighted by atomic mass is 35.5. The molecule has 0 aliphatic carbocycles. The molecule has 5 heteroatoms. The standard InChI is InChI=1S/C12H19ClN2OS/c1-4-7-15(9-12(16)14(2)3)8-10-5-6-11(13)17-10/h5-6H,4,7-9H2,1-3H3. The van der Waals surface area contributed by atoms with Crippen LogP contribution in [-0.4, -0.2) is 42.9 Å². The number of carbonyl (C=O) groups is 1. The van der Waals surface area contributed by atoms with E-state index in [1.165, 1.54) is 4.88 Å². The number of rotatable bonds is 6. The summed E-state index contributed by atoms with van der Waals surface area (Å²) in [5, 5.41) is 0. The lowest BCUT2D eigenvalue weighted by Crippen LogP contribution is -2.36. The van der Waals surface area contributed by atoms with Crippen molar-refractivity contribution < 1.29 is 4.79 Å². The van der Waals surface area contributed by atoms with Gasteiger partial charge in [0.05, 0.1) is 10.9 Å². The Balaban J connectivity index is 2.56. The number of amides is 1. The Labute approximate surface area is 112 Å². The molecule has 0 radical (unpaired) electrons. The van der Waals surface area contributed by atoms with Gasteiger partial charge >= 0.3 is 0 Å². The lowest BCUT2D eigenvalue weighted by molar-refractivity contribution is -0.130. The summed E-state index contributed by atoms with van der Waals surface area (Å²) in [7, 11) is 3.57. The summed E-state index contributed by atoms with van der Waals surface area (Å²) in [6.07, 6.45) is 1.04. The summed E-state index contributed by atoms with van der Waals surface area (Å²) in [5.74, 6) is 0.140. The summed E-state index contributed by atoms with van der Waals surface area (Å²) in [6, 6.07) is 3.93. The van der Waals surface area contributed by atoms with E-state index < -0.39 is 0 Å². The van der Waals surface area contributed by atoms with Crippen LogP contribution in [0.5, 0.6) is 0 Å². The first-order chi connectivity index (χ1) is 8.02. The van der Waals surface area contributed by atoms with Gasteiger partial charge in [0.1, 0.15) is 0 Å². The van der Waals surface area contributed by atoms with Crippen molar-refractivity contribution in [2.75, 3.05) is 27.2 Å². The predicted molar refractivity (Wildman–Crippen MR) is 73.6 cm³/mol. The van der Waals surface area contributed by atoms with Crippen molar-refractivity contribution >= 4 is 28.8 Å². The van der Waals surface area contributed by atoms with Crippen molar-refractivity contribution in [3.63, 3.8) is 0 Å². The number of thiophene rings is 1. The molecule has 0 aromatic carbocycles. The third-order valence-corrected chi connectivity index (χ3v) is 3.62. The Kier molecular flexibility index (Phi) is 5.95. The van der Waals surface area contributed by atoms with E-state index in [0.29, 0.717) is 6.54 Å². The van der Waals surface area contributed by atoms with Gasteiger partial charge in [-0.2, -0.15) is 0 Å². The molecular weight excluding hydrogens is 256 g/mol. The van der Waals surface area contributed by atoms with E-state index in [2.05, 4.69) is 11.8 Å². The summed E-state index contributed by atoms with van der Waals surface area (Å²) in [4.78, 5) is 16.7. The van der Waals surface area contributed by atoms with Gasteiger partial charge in [0.2, 0.25) is 5.91 Å². The first kappa shape index (κ1) is 14.5. The normalized spacial score (nSPS) is 10.9. The highest BCUT2D eigenvalue weighted by molar-refractivity contribution is 7.16. The second-order valence-corrected chi connectivity index (χ2v) is 6.00. The molecule has 1 rings (SSSR count). The third kappa shape index (κ3) is 5.06. The summed E-state index contributed by atoms with van der Waals surface area (Å²) in [6.45, 7) is 4.31. The number of likely N-dealkylation sites (N-methyl/N-ethyl adjacent to an activating group) is 1. The topological polar surface area (TPSA) is 23.6 Å². The minimum atomic E-state index is 0.140. The van der Waals surface area contributed by atoms with Crippen LogP contribution in [0.25, 0.3) is 0 Å². The average Bonchev–Trinajstić information content (AvgIpc) is 2.64. The fourth-order valence-electron chi connectivity index (χ4n) is 1.52. The van der Waals surface area contributed by atoms with E-state index in [1.807, 2.05) is 12.1 Å². The van der Waals surface area contributed by atoms with Gasteiger partial charge in [-0.3, -0.25) is 9.69 Å². The zero-order chi connectivity index (χ0) is 12.8. The van der Waals surface area contributed by atoms with Crippen molar-refractivity contribution in [2.45, 2.75) is 19.9 Å². The first-order valence-electron chi connectivity index (χ1n) is 5.69. The highest BCUT2D eigenvalue weighted by Gasteiger charge is 2.12. The van der Waals surface area contributed by atoms with Crippen molar-refractivity contribution in [3.05, 3.63) is 21.3 Å². The van der Waals surface area contributed by atoms with Crippen molar-refractivity contribution in [1.29, 1.82) is 0 Å². The molecule has 3 nitrogen and oxygen atoms in total. The third-order valence-electron chi connectivity index (χ3n) is 2.41. The lowest BCUT2D eigenvalue weighted by Gasteiger charge is -2.22. The number of halogens is 1. The Hall–Kier alpha value is -0.580. The molecule has 96 valence electrons. The molecule has 0 atom stereocenters. The molecule has 0 N–H and O–H groups in total. The molecule has 1 aromatic rings. The van der Waals surface area contributed by atoms with Crippen LogP contribution in [0.15, 0.2) is 12.1 Å². The molecule has 0 saturated carbocycles. The second kappa shape index (κ2) is 6.99. The molecule has 1 heterocycles. The molecule has 0 fully saturated rings. The van der Waals surface area contributed by atoms with Gasteiger partial charge in [-0.15, -0.1) is 11.3 Å². The molecule has 0 spiro atoms. The van der Waals surface area contributed by atoms with E-state index in [1.54, 1.807) is 30.3 Å². The number of hydrogen-bond donors (Lipinski definition) is 0. The molecule has 0 bridgehead atoms. The van der Waals surface area contributed by atoms with Gasteiger partial charge in [0.15, 0.2) is 0 Å². The smallest absolute Gasteiger partial charge is 0.236 e. The maximum atomic E-state index is 11.7. The Morgan fingerprint density at radius 1 is 1.41 bits per heavy atom. The van der Waals surface area contributed by atoms with Gasteiger partial charge in [0.25, 0.3) is 0 Å². The van der Waals surface area contributed by atoms with Crippen LogP contribution in [0, 0.1) is 0 Å². The van der Waals surface area contributed by atoms with Crippen LogP contribution in [0.2, 0.25) is 4.34 Å². The molecule has 0 unspecified atom stereocenters. The largest absolute Gasteiger partial charge is 0.348 e. The number of nitrogens with zero attached hydrogens (tertiary/aromatic N) is 2. The first-order valence-corrected chi connectivity index (χ1v) is 6.89.